The molecular weight excluding hydrogens is 332 g/mol. The largest absolute Gasteiger partial charge is 0.309 e. The first-order valence-electron chi connectivity index (χ1n) is 8.89. The highest BCUT2D eigenvalue weighted by Crippen LogP contribution is 2.38. The van der Waals surface area contributed by atoms with Gasteiger partial charge < -0.3 is 4.57 Å². The number of benzene rings is 4. The summed E-state index contributed by atoms with van der Waals surface area (Å²) in [5.41, 5.74) is 5.59. The number of nitrogens with zero attached hydrogens (tertiary/aromatic N) is 2. The van der Waals surface area contributed by atoms with Crippen LogP contribution in [0.5, 0.6) is 0 Å². The van der Waals surface area contributed by atoms with E-state index in [1.54, 1.807) is 6.07 Å². The molecule has 0 unspecified atom stereocenters. The molecule has 0 atom stereocenters. The van der Waals surface area contributed by atoms with Gasteiger partial charge in [-0.15, -0.1) is 4.91 Å². The Labute approximate surface area is 156 Å². The molecule has 0 fully saturated rings. The molecule has 0 saturated heterocycles. The van der Waals surface area contributed by atoms with Crippen molar-refractivity contribution in [2.24, 2.45) is 5.18 Å². The molecule has 0 radical (unpaired) electrons. The fourth-order valence-corrected chi connectivity index (χ4v) is 3.86. The number of nitroso groups, excluding NO2 is 1. The molecule has 3 heteroatoms. The normalized spacial score (nSPS) is 11.1. The van der Waals surface area contributed by atoms with Gasteiger partial charge in [0, 0.05) is 21.9 Å². The van der Waals surface area contributed by atoms with E-state index in [1.807, 2.05) is 36.4 Å². The van der Waals surface area contributed by atoms with E-state index in [-0.39, 0.29) is 0 Å². The fraction of sp³-hybridized carbons (Fsp3) is 0. The van der Waals surface area contributed by atoms with Crippen molar-refractivity contribution >= 4 is 27.5 Å². The van der Waals surface area contributed by atoms with Crippen molar-refractivity contribution in [1.29, 1.82) is 0 Å². The number of fused-ring (bicyclic) bond motifs is 3. The van der Waals surface area contributed by atoms with Crippen LogP contribution in [0, 0.1) is 4.91 Å². The Morgan fingerprint density at radius 1 is 0.556 bits per heavy atom. The third kappa shape index (κ3) is 2.36. The van der Waals surface area contributed by atoms with Crippen LogP contribution in [0.3, 0.4) is 0 Å². The molecule has 27 heavy (non-hydrogen) atoms. The summed E-state index contributed by atoms with van der Waals surface area (Å²) in [6.07, 6.45) is 0. The van der Waals surface area contributed by atoms with E-state index in [0.29, 0.717) is 5.69 Å². The highest BCUT2D eigenvalue weighted by Gasteiger charge is 2.16. The van der Waals surface area contributed by atoms with Crippen LogP contribution < -0.4 is 0 Å². The van der Waals surface area contributed by atoms with Gasteiger partial charge in [0.15, 0.2) is 0 Å². The second-order valence-electron chi connectivity index (χ2n) is 6.50. The van der Waals surface area contributed by atoms with E-state index in [9.17, 15) is 4.91 Å². The topological polar surface area (TPSA) is 34.4 Å². The van der Waals surface area contributed by atoms with E-state index >= 15 is 0 Å². The number of rotatable bonds is 3. The quantitative estimate of drug-likeness (QED) is 0.328. The lowest BCUT2D eigenvalue weighted by Crippen LogP contribution is -1.97. The number of aromatic nitrogens is 1. The molecule has 5 rings (SSSR count). The molecule has 5 aromatic rings. The van der Waals surface area contributed by atoms with Crippen LogP contribution in [0.2, 0.25) is 0 Å². The average molecular weight is 348 g/mol. The summed E-state index contributed by atoms with van der Waals surface area (Å²) >= 11 is 0. The van der Waals surface area contributed by atoms with Crippen LogP contribution in [0.1, 0.15) is 0 Å². The van der Waals surface area contributed by atoms with Crippen LogP contribution in [0.15, 0.2) is 102 Å². The van der Waals surface area contributed by atoms with Crippen molar-refractivity contribution in [3.8, 4) is 16.8 Å². The first kappa shape index (κ1) is 15.5. The third-order valence-electron chi connectivity index (χ3n) is 5.02. The SMILES string of the molecule is O=Nc1ccccc1-c1ccccc1-n1c2ccccc2c2ccccc21. The van der Waals surface area contributed by atoms with Crippen molar-refractivity contribution in [3.05, 3.63) is 102 Å². The molecular formula is C24H16N2O. The predicted octanol–water partition coefficient (Wildman–Crippen LogP) is 6.85. The number of para-hydroxylation sites is 3. The summed E-state index contributed by atoms with van der Waals surface area (Å²) in [4.78, 5) is 11.4. The zero-order valence-electron chi connectivity index (χ0n) is 14.5. The van der Waals surface area contributed by atoms with Gasteiger partial charge in [0.2, 0.25) is 0 Å². The van der Waals surface area contributed by atoms with Crippen LogP contribution in [0.25, 0.3) is 38.6 Å². The van der Waals surface area contributed by atoms with Crippen LogP contribution in [-0.2, 0) is 0 Å². The summed E-state index contributed by atoms with van der Waals surface area (Å²) in [6, 6.07) is 32.5. The van der Waals surface area contributed by atoms with Gasteiger partial charge in [0.05, 0.1) is 16.7 Å². The Bertz CT molecular complexity index is 1250. The smallest absolute Gasteiger partial charge is 0.115 e. The molecule has 3 nitrogen and oxygen atoms in total. The molecule has 0 spiro atoms. The molecule has 0 aliphatic rings. The van der Waals surface area contributed by atoms with E-state index < -0.39 is 0 Å². The highest BCUT2D eigenvalue weighted by atomic mass is 16.3. The molecule has 0 bridgehead atoms. The minimum atomic E-state index is 0.450. The second kappa shape index (κ2) is 6.22. The van der Waals surface area contributed by atoms with Crippen LogP contribution in [-0.4, -0.2) is 4.57 Å². The van der Waals surface area contributed by atoms with Crippen molar-refractivity contribution in [2.75, 3.05) is 0 Å². The molecule has 0 amide bonds. The van der Waals surface area contributed by atoms with Gasteiger partial charge >= 0.3 is 0 Å². The Kier molecular flexibility index (Phi) is 3.58. The minimum Gasteiger partial charge on any atom is -0.309 e. The van der Waals surface area contributed by atoms with E-state index in [4.69, 9.17) is 0 Å². The van der Waals surface area contributed by atoms with Crippen molar-refractivity contribution in [2.45, 2.75) is 0 Å². The molecule has 0 saturated carbocycles. The van der Waals surface area contributed by atoms with Crippen molar-refractivity contribution in [1.82, 2.24) is 4.57 Å². The van der Waals surface area contributed by atoms with E-state index in [2.05, 4.69) is 64.3 Å². The molecule has 0 aliphatic carbocycles. The maximum Gasteiger partial charge on any atom is 0.115 e. The molecule has 0 N–H and O–H groups in total. The zero-order valence-corrected chi connectivity index (χ0v) is 14.5. The van der Waals surface area contributed by atoms with Gasteiger partial charge in [-0.05, 0) is 29.4 Å². The first-order chi connectivity index (χ1) is 13.4. The van der Waals surface area contributed by atoms with Gasteiger partial charge in [-0.2, -0.15) is 0 Å². The summed E-state index contributed by atoms with van der Waals surface area (Å²) in [7, 11) is 0. The number of hydrogen-bond acceptors (Lipinski definition) is 2. The second-order valence-corrected chi connectivity index (χ2v) is 6.50. The molecule has 4 aromatic carbocycles. The third-order valence-corrected chi connectivity index (χ3v) is 5.02. The molecule has 1 heterocycles. The van der Waals surface area contributed by atoms with Crippen LogP contribution in [0.4, 0.5) is 5.69 Å². The summed E-state index contributed by atoms with van der Waals surface area (Å²) < 4.78 is 2.27. The lowest BCUT2D eigenvalue weighted by Gasteiger charge is -2.14. The van der Waals surface area contributed by atoms with Gasteiger partial charge in [-0.3, -0.25) is 0 Å². The Hall–Kier alpha value is -3.72. The summed E-state index contributed by atoms with van der Waals surface area (Å²) in [6.45, 7) is 0. The van der Waals surface area contributed by atoms with E-state index in [0.717, 1.165) is 27.8 Å². The van der Waals surface area contributed by atoms with Crippen LogP contribution >= 0.6 is 0 Å². The Morgan fingerprint density at radius 3 is 1.74 bits per heavy atom. The first-order valence-corrected chi connectivity index (χ1v) is 8.89. The lowest BCUT2D eigenvalue weighted by molar-refractivity contribution is 1.18. The van der Waals surface area contributed by atoms with Gasteiger partial charge in [-0.25, -0.2) is 0 Å². The number of hydrogen-bond donors (Lipinski definition) is 0. The maximum atomic E-state index is 11.4. The van der Waals surface area contributed by atoms with Gasteiger partial charge in [0.25, 0.3) is 0 Å². The zero-order chi connectivity index (χ0) is 18.2. The van der Waals surface area contributed by atoms with Gasteiger partial charge in [0.1, 0.15) is 5.69 Å². The Balaban J connectivity index is 1.91. The molecule has 0 aliphatic heterocycles. The van der Waals surface area contributed by atoms with E-state index in [1.165, 1.54) is 10.8 Å². The average Bonchev–Trinajstić information content (AvgIpc) is 3.08. The van der Waals surface area contributed by atoms with Crippen molar-refractivity contribution < 1.29 is 0 Å². The fourth-order valence-electron chi connectivity index (χ4n) is 3.86. The predicted molar refractivity (Wildman–Crippen MR) is 112 cm³/mol. The molecule has 128 valence electrons. The van der Waals surface area contributed by atoms with Gasteiger partial charge in [-0.1, -0.05) is 72.8 Å². The monoisotopic (exact) mass is 348 g/mol. The Morgan fingerprint density at radius 2 is 1.07 bits per heavy atom. The summed E-state index contributed by atoms with van der Waals surface area (Å²) in [5, 5.41) is 5.66. The summed E-state index contributed by atoms with van der Waals surface area (Å²) in [5.74, 6) is 0. The molecule has 1 aromatic heterocycles. The maximum absolute atomic E-state index is 11.4. The standard InChI is InChI=1S/C24H16N2O/c27-25-21-13-5-1-9-17(21)18-10-2-6-14-22(18)26-23-15-7-3-11-19(23)20-12-4-8-16-24(20)26/h1-16H. The minimum absolute atomic E-state index is 0.450. The van der Waals surface area contributed by atoms with Crippen molar-refractivity contribution in [3.63, 3.8) is 0 Å². The highest BCUT2D eigenvalue weighted by molar-refractivity contribution is 6.09. The lowest BCUT2D eigenvalue weighted by atomic mass is 10.0.